The second kappa shape index (κ2) is 7.88. The first-order valence-corrected chi connectivity index (χ1v) is 7.49. The minimum atomic E-state index is -0.00448. The van der Waals surface area contributed by atoms with E-state index in [1.807, 2.05) is 26.0 Å². The van der Waals surface area contributed by atoms with Gasteiger partial charge in [0.05, 0.1) is 0 Å². The predicted molar refractivity (Wildman–Crippen MR) is 84.0 cm³/mol. The highest BCUT2D eigenvalue weighted by molar-refractivity contribution is 5.93. The lowest BCUT2D eigenvalue weighted by Crippen LogP contribution is -2.31. The number of hydrogen-bond acceptors (Lipinski definition) is 3. The number of rotatable bonds is 7. The van der Waals surface area contributed by atoms with Gasteiger partial charge >= 0.3 is 0 Å². The molecule has 4 nitrogen and oxygen atoms in total. The van der Waals surface area contributed by atoms with E-state index in [4.69, 9.17) is 0 Å². The number of nitrogens with zero attached hydrogens (tertiary/aromatic N) is 2. The van der Waals surface area contributed by atoms with E-state index >= 15 is 0 Å². The van der Waals surface area contributed by atoms with Gasteiger partial charge in [0.1, 0.15) is 5.69 Å². The number of carbonyl (C=O) groups excluding carboxylic acids is 1. The molecule has 0 aliphatic carbocycles. The Morgan fingerprint density at radius 2 is 1.95 bits per heavy atom. The van der Waals surface area contributed by atoms with Crippen LogP contribution in [-0.4, -0.2) is 34.9 Å². The van der Waals surface area contributed by atoms with Gasteiger partial charge in [0.2, 0.25) is 0 Å². The summed E-state index contributed by atoms with van der Waals surface area (Å²) >= 11 is 0. The molecule has 1 aromatic rings. The number of anilines is 1. The zero-order chi connectivity index (χ0) is 15.1. The Labute approximate surface area is 122 Å². The quantitative estimate of drug-likeness (QED) is 0.830. The standard InChI is InChI=1S/C16H27N3O/c1-6-19(7-2)16(20)15-11-14(8-9-17-15)18-13(5)10-12(3)4/h8-9,11-13H,6-7,10H2,1-5H3,(H,17,18). The molecule has 0 saturated carbocycles. The van der Waals surface area contributed by atoms with Crippen molar-refractivity contribution in [1.29, 1.82) is 0 Å². The molecule has 0 aliphatic rings. The van der Waals surface area contributed by atoms with Gasteiger partial charge in [-0.15, -0.1) is 0 Å². The monoisotopic (exact) mass is 277 g/mol. The SMILES string of the molecule is CCN(CC)C(=O)c1cc(NC(C)CC(C)C)ccn1. The van der Waals surface area contributed by atoms with Crippen LogP contribution >= 0.6 is 0 Å². The van der Waals surface area contributed by atoms with Crippen molar-refractivity contribution in [2.45, 2.75) is 47.1 Å². The van der Waals surface area contributed by atoms with Crippen molar-refractivity contribution >= 4 is 11.6 Å². The van der Waals surface area contributed by atoms with Crippen LogP contribution < -0.4 is 5.32 Å². The third-order valence-corrected chi connectivity index (χ3v) is 3.27. The highest BCUT2D eigenvalue weighted by atomic mass is 16.2. The second-order valence-electron chi connectivity index (χ2n) is 5.58. The predicted octanol–water partition coefficient (Wildman–Crippen LogP) is 3.41. The van der Waals surface area contributed by atoms with E-state index in [-0.39, 0.29) is 5.91 Å². The minimum Gasteiger partial charge on any atom is -0.382 e. The topological polar surface area (TPSA) is 45.2 Å². The van der Waals surface area contributed by atoms with Gasteiger partial charge in [-0.05, 0) is 45.2 Å². The lowest BCUT2D eigenvalue weighted by atomic mass is 10.1. The van der Waals surface area contributed by atoms with Crippen molar-refractivity contribution in [3.8, 4) is 0 Å². The first-order chi connectivity index (χ1) is 9.47. The lowest BCUT2D eigenvalue weighted by Gasteiger charge is -2.20. The molecule has 112 valence electrons. The summed E-state index contributed by atoms with van der Waals surface area (Å²) in [5.74, 6) is 0.645. The van der Waals surface area contributed by atoms with Gasteiger partial charge in [-0.1, -0.05) is 13.8 Å². The summed E-state index contributed by atoms with van der Waals surface area (Å²) in [7, 11) is 0. The van der Waals surface area contributed by atoms with Gasteiger partial charge < -0.3 is 10.2 Å². The molecule has 1 heterocycles. The van der Waals surface area contributed by atoms with Crippen LogP contribution in [0.1, 0.15) is 51.5 Å². The third kappa shape index (κ3) is 4.83. The van der Waals surface area contributed by atoms with Gasteiger partial charge in [-0.25, -0.2) is 0 Å². The zero-order valence-electron chi connectivity index (χ0n) is 13.3. The number of carbonyl (C=O) groups is 1. The molecular formula is C16H27N3O. The van der Waals surface area contributed by atoms with Crippen molar-refractivity contribution < 1.29 is 4.79 Å². The van der Waals surface area contributed by atoms with Crippen LogP contribution in [0.2, 0.25) is 0 Å². The summed E-state index contributed by atoms with van der Waals surface area (Å²) < 4.78 is 0. The van der Waals surface area contributed by atoms with E-state index in [9.17, 15) is 4.79 Å². The molecule has 0 radical (unpaired) electrons. The largest absolute Gasteiger partial charge is 0.382 e. The van der Waals surface area contributed by atoms with E-state index < -0.39 is 0 Å². The Hall–Kier alpha value is -1.58. The average Bonchev–Trinajstić information content (AvgIpc) is 2.39. The molecule has 0 fully saturated rings. The van der Waals surface area contributed by atoms with E-state index in [0.717, 1.165) is 12.1 Å². The molecule has 1 N–H and O–H groups in total. The molecule has 1 unspecified atom stereocenters. The summed E-state index contributed by atoms with van der Waals surface area (Å²) in [6, 6.07) is 4.14. The first kappa shape index (κ1) is 16.5. The molecule has 4 heteroatoms. The summed E-state index contributed by atoms with van der Waals surface area (Å²) in [5.41, 5.74) is 1.47. The van der Waals surface area contributed by atoms with E-state index in [0.29, 0.717) is 30.7 Å². The van der Waals surface area contributed by atoms with Gasteiger partial charge in [-0.2, -0.15) is 0 Å². The average molecular weight is 277 g/mol. The molecule has 0 saturated heterocycles. The van der Waals surface area contributed by atoms with E-state index in [2.05, 4.69) is 31.1 Å². The van der Waals surface area contributed by atoms with Crippen LogP contribution in [0.15, 0.2) is 18.3 Å². The van der Waals surface area contributed by atoms with Gasteiger partial charge in [0.25, 0.3) is 5.91 Å². The summed E-state index contributed by atoms with van der Waals surface area (Å²) in [6.07, 6.45) is 2.79. The van der Waals surface area contributed by atoms with Gasteiger partial charge in [0.15, 0.2) is 0 Å². The maximum Gasteiger partial charge on any atom is 0.272 e. The minimum absolute atomic E-state index is 0.00448. The maximum absolute atomic E-state index is 12.3. The van der Waals surface area contributed by atoms with Crippen molar-refractivity contribution in [2.24, 2.45) is 5.92 Å². The van der Waals surface area contributed by atoms with Crippen molar-refractivity contribution in [2.75, 3.05) is 18.4 Å². The fourth-order valence-corrected chi connectivity index (χ4v) is 2.36. The van der Waals surface area contributed by atoms with Gasteiger partial charge in [-0.3, -0.25) is 9.78 Å². The fourth-order valence-electron chi connectivity index (χ4n) is 2.36. The fraction of sp³-hybridized carbons (Fsp3) is 0.625. The Morgan fingerprint density at radius 3 is 2.50 bits per heavy atom. The third-order valence-electron chi connectivity index (χ3n) is 3.27. The van der Waals surface area contributed by atoms with Crippen molar-refractivity contribution in [3.63, 3.8) is 0 Å². The number of pyridine rings is 1. The van der Waals surface area contributed by atoms with Gasteiger partial charge in [0, 0.05) is 31.0 Å². The van der Waals surface area contributed by atoms with Crippen molar-refractivity contribution in [1.82, 2.24) is 9.88 Å². The summed E-state index contributed by atoms with van der Waals surface area (Å²) in [5, 5.41) is 3.43. The molecule has 1 rings (SSSR count). The molecule has 0 aromatic carbocycles. The molecule has 20 heavy (non-hydrogen) atoms. The van der Waals surface area contributed by atoms with E-state index in [1.54, 1.807) is 11.1 Å². The highest BCUT2D eigenvalue weighted by Crippen LogP contribution is 2.14. The Balaban J connectivity index is 2.77. The molecule has 1 aromatic heterocycles. The van der Waals surface area contributed by atoms with Crippen LogP contribution in [0.5, 0.6) is 0 Å². The van der Waals surface area contributed by atoms with Crippen LogP contribution in [0.3, 0.4) is 0 Å². The van der Waals surface area contributed by atoms with Crippen LogP contribution in [-0.2, 0) is 0 Å². The summed E-state index contributed by atoms with van der Waals surface area (Å²) in [4.78, 5) is 18.2. The molecular weight excluding hydrogens is 250 g/mol. The molecule has 0 aliphatic heterocycles. The van der Waals surface area contributed by atoms with Crippen LogP contribution in [0.25, 0.3) is 0 Å². The normalized spacial score (nSPS) is 12.3. The van der Waals surface area contributed by atoms with Crippen LogP contribution in [0, 0.1) is 5.92 Å². The second-order valence-corrected chi connectivity index (χ2v) is 5.58. The number of hydrogen-bond donors (Lipinski definition) is 1. The molecule has 0 spiro atoms. The zero-order valence-corrected chi connectivity index (χ0v) is 13.3. The summed E-state index contributed by atoms with van der Waals surface area (Å²) in [6.45, 7) is 12.0. The number of amides is 1. The number of aromatic nitrogens is 1. The Kier molecular flexibility index (Phi) is 6.49. The smallest absolute Gasteiger partial charge is 0.272 e. The lowest BCUT2D eigenvalue weighted by molar-refractivity contribution is 0.0767. The Morgan fingerprint density at radius 1 is 1.30 bits per heavy atom. The Bertz CT molecular complexity index is 427. The maximum atomic E-state index is 12.3. The number of nitrogens with one attached hydrogen (secondary N) is 1. The van der Waals surface area contributed by atoms with Crippen molar-refractivity contribution in [3.05, 3.63) is 24.0 Å². The molecule has 1 amide bonds. The molecule has 0 bridgehead atoms. The van der Waals surface area contributed by atoms with E-state index in [1.165, 1.54) is 0 Å². The highest BCUT2D eigenvalue weighted by Gasteiger charge is 2.14. The first-order valence-electron chi connectivity index (χ1n) is 7.49. The molecule has 1 atom stereocenters. The van der Waals surface area contributed by atoms with Crippen LogP contribution in [0.4, 0.5) is 5.69 Å².